The molecule has 1 aromatic heterocycles. The summed E-state index contributed by atoms with van der Waals surface area (Å²) in [7, 11) is 0. The van der Waals surface area contributed by atoms with E-state index in [9.17, 15) is 9.90 Å². The van der Waals surface area contributed by atoms with Gasteiger partial charge in [0, 0.05) is 24.2 Å². The van der Waals surface area contributed by atoms with Crippen molar-refractivity contribution in [3.05, 3.63) is 57.6 Å². The summed E-state index contributed by atoms with van der Waals surface area (Å²) >= 11 is 1.45. The second-order valence-electron chi connectivity index (χ2n) is 10.2. The fraction of sp³-hybridized carbons (Fsp3) is 0.385. The van der Waals surface area contributed by atoms with Gasteiger partial charge in [-0.3, -0.25) is 0 Å². The highest BCUT2D eigenvalue weighted by Crippen LogP contribution is 2.58. The minimum Gasteiger partial charge on any atom is -0.478 e. The van der Waals surface area contributed by atoms with Crippen LogP contribution >= 0.6 is 11.3 Å². The summed E-state index contributed by atoms with van der Waals surface area (Å²) < 4.78 is 1.02. The summed E-state index contributed by atoms with van der Waals surface area (Å²) in [5.74, 6) is -0.916. The van der Waals surface area contributed by atoms with Crippen LogP contribution in [0.25, 0.3) is 21.9 Å². The summed E-state index contributed by atoms with van der Waals surface area (Å²) in [5, 5.41) is 10.7. The molecule has 0 saturated carbocycles. The van der Waals surface area contributed by atoms with Crippen molar-refractivity contribution in [3.63, 3.8) is 0 Å². The molecule has 2 aliphatic heterocycles. The number of para-hydroxylation sites is 1. The first kappa shape index (κ1) is 19.1. The topological polar surface area (TPSA) is 53.4 Å². The van der Waals surface area contributed by atoms with Gasteiger partial charge in [0.2, 0.25) is 0 Å². The first-order valence-electron chi connectivity index (χ1n) is 11.0. The van der Waals surface area contributed by atoms with E-state index in [0.717, 1.165) is 41.7 Å². The zero-order valence-corrected chi connectivity index (χ0v) is 19.0. The van der Waals surface area contributed by atoms with E-state index in [1.165, 1.54) is 40.1 Å². The molecule has 0 unspecified atom stereocenters. The van der Waals surface area contributed by atoms with Crippen molar-refractivity contribution >= 4 is 44.9 Å². The van der Waals surface area contributed by atoms with Gasteiger partial charge in [0.05, 0.1) is 15.8 Å². The fourth-order valence-corrected chi connectivity index (χ4v) is 6.73. The number of benzene rings is 2. The number of hydrogen-bond acceptors (Lipinski definition) is 4. The van der Waals surface area contributed by atoms with Crippen LogP contribution in [0.15, 0.2) is 30.3 Å². The van der Waals surface area contributed by atoms with Gasteiger partial charge < -0.3 is 10.0 Å². The SMILES string of the molecule is CC1(C)CCN2CC[C@@]3(C)Cc4c(/C=C(\C(=O)O)c5nc6ccccc6s5)cc1c2c43. The van der Waals surface area contributed by atoms with Gasteiger partial charge >= 0.3 is 5.97 Å². The second-order valence-corrected chi connectivity index (χ2v) is 11.2. The number of aliphatic carboxylic acids is 1. The number of aromatic nitrogens is 1. The number of thiazole rings is 1. The van der Waals surface area contributed by atoms with Crippen LogP contribution in [-0.4, -0.2) is 29.1 Å². The Kier molecular flexibility index (Phi) is 3.81. The van der Waals surface area contributed by atoms with Crippen molar-refractivity contribution in [1.29, 1.82) is 0 Å². The number of carbonyl (C=O) groups is 1. The predicted molar refractivity (Wildman–Crippen MR) is 127 cm³/mol. The lowest BCUT2D eigenvalue weighted by Gasteiger charge is -2.55. The van der Waals surface area contributed by atoms with Crippen molar-refractivity contribution in [2.45, 2.75) is 50.9 Å². The zero-order valence-electron chi connectivity index (χ0n) is 18.2. The van der Waals surface area contributed by atoms with Crippen molar-refractivity contribution < 1.29 is 9.90 Å². The minimum absolute atomic E-state index is 0.0938. The smallest absolute Gasteiger partial charge is 0.338 e. The molecule has 4 nitrogen and oxygen atoms in total. The normalized spacial score (nSPS) is 23.5. The Morgan fingerprint density at radius 1 is 1.19 bits per heavy atom. The quantitative estimate of drug-likeness (QED) is 0.548. The maximum absolute atomic E-state index is 12.3. The summed E-state index contributed by atoms with van der Waals surface area (Å²) in [5.41, 5.74) is 8.17. The van der Waals surface area contributed by atoms with Gasteiger partial charge in [0.15, 0.2) is 0 Å². The Morgan fingerprint density at radius 3 is 2.74 bits per heavy atom. The van der Waals surface area contributed by atoms with Gasteiger partial charge in [-0.2, -0.15) is 0 Å². The van der Waals surface area contributed by atoms with Gasteiger partial charge in [-0.05, 0) is 71.2 Å². The molecular weight excluding hydrogens is 404 g/mol. The average molecular weight is 431 g/mol. The van der Waals surface area contributed by atoms with Crippen LogP contribution in [0.4, 0.5) is 5.69 Å². The summed E-state index contributed by atoms with van der Waals surface area (Å²) in [6, 6.07) is 10.1. The third-order valence-corrected chi connectivity index (χ3v) is 8.72. The van der Waals surface area contributed by atoms with Crippen LogP contribution in [0.1, 0.15) is 60.9 Å². The molecule has 3 aliphatic rings. The lowest BCUT2D eigenvalue weighted by molar-refractivity contribution is -0.130. The number of rotatable bonds is 3. The molecular formula is C26H26N2O2S. The van der Waals surface area contributed by atoms with Gasteiger partial charge in [0.1, 0.15) is 5.01 Å². The Balaban J connectivity index is 1.57. The van der Waals surface area contributed by atoms with Gasteiger partial charge in [0.25, 0.3) is 0 Å². The number of fused-ring (bicyclic) bond motifs is 1. The maximum atomic E-state index is 12.3. The molecule has 0 radical (unpaired) electrons. The van der Waals surface area contributed by atoms with Crippen molar-refractivity contribution in [2.24, 2.45) is 0 Å². The van der Waals surface area contributed by atoms with E-state index in [4.69, 9.17) is 0 Å². The van der Waals surface area contributed by atoms with E-state index in [1.54, 1.807) is 0 Å². The summed E-state index contributed by atoms with van der Waals surface area (Å²) in [6.07, 6.45) is 5.23. The Morgan fingerprint density at radius 2 is 1.97 bits per heavy atom. The van der Waals surface area contributed by atoms with E-state index in [-0.39, 0.29) is 10.8 Å². The first-order chi connectivity index (χ1) is 14.8. The highest BCUT2D eigenvalue weighted by atomic mass is 32.1. The van der Waals surface area contributed by atoms with Gasteiger partial charge in [-0.1, -0.05) is 32.9 Å². The largest absolute Gasteiger partial charge is 0.478 e. The zero-order chi connectivity index (χ0) is 21.5. The van der Waals surface area contributed by atoms with Gasteiger partial charge in [-0.25, -0.2) is 9.78 Å². The molecule has 3 aromatic rings. The Labute approximate surface area is 186 Å². The molecule has 6 rings (SSSR count). The third-order valence-electron chi connectivity index (χ3n) is 7.65. The Bertz CT molecular complexity index is 1270. The molecule has 0 spiro atoms. The molecule has 31 heavy (non-hydrogen) atoms. The molecule has 0 bridgehead atoms. The van der Waals surface area contributed by atoms with Crippen molar-refractivity contribution in [1.82, 2.24) is 4.98 Å². The number of anilines is 1. The molecule has 0 fully saturated rings. The lowest BCUT2D eigenvalue weighted by Crippen LogP contribution is -2.51. The molecule has 5 heteroatoms. The van der Waals surface area contributed by atoms with E-state index in [0.29, 0.717) is 10.6 Å². The van der Waals surface area contributed by atoms with Crippen molar-refractivity contribution in [2.75, 3.05) is 18.0 Å². The molecule has 2 aromatic carbocycles. The number of hydrogen-bond donors (Lipinski definition) is 1. The lowest BCUT2D eigenvalue weighted by atomic mass is 9.57. The van der Waals surface area contributed by atoms with E-state index in [1.807, 2.05) is 30.3 Å². The van der Waals surface area contributed by atoms with E-state index < -0.39 is 5.97 Å². The van der Waals surface area contributed by atoms with Crippen LogP contribution in [0.2, 0.25) is 0 Å². The fourth-order valence-electron chi connectivity index (χ4n) is 5.76. The number of carboxylic acid groups (broad SMARTS) is 1. The summed E-state index contributed by atoms with van der Waals surface area (Å²) in [6.45, 7) is 9.28. The molecule has 0 amide bonds. The molecule has 158 valence electrons. The van der Waals surface area contributed by atoms with E-state index >= 15 is 0 Å². The number of carboxylic acids is 1. The predicted octanol–water partition coefficient (Wildman–Crippen LogP) is 5.63. The minimum atomic E-state index is -0.916. The Hall–Kier alpha value is -2.66. The monoisotopic (exact) mass is 430 g/mol. The highest BCUT2D eigenvalue weighted by Gasteiger charge is 2.49. The van der Waals surface area contributed by atoms with E-state index in [2.05, 4.69) is 36.7 Å². The van der Waals surface area contributed by atoms with Crippen molar-refractivity contribution in [3.8, 4) is 0 Å². The van der Waals surface area contributed by atoms with Crippen LogP contribution in [0.3, 0.4) is 0 Å². The first-order valence-corrected chi connectivity index (χ1v) is 11.9. The maximum Gasteiger partial charge on any atom is 0.338 e. The van der Waals surface area contributed by atoms with Crippen LogP contribution in [-0.2, 0) is 22.0 Å². The molecule has 1 N–H and O–H groups in total. The second kappa shape index (κ2) is 6.19. The van der Waals surface area contributed by atoms with Crippen LogP contribution in [0, 0.1) is 0 Å². The van der Waals surface area contributed by atoms with Gasteiger partial charge in [-0.15, -0.1) is 11.3 Å². The molecule has 1 atom stereocenters. The van der Waals surface area contributed by atoms with Crippen LogP contribution in [0.5, 0.6) is 0 Å². The number of nitrogens with zero attached hydrogens (tertiary/aromatic N) is 2. The standard InChI is InChI=1S/C26H26N2O2S/c1-25(2)8-10-28-11-9-26(3)14-17-15(13-18(25)22(28)21(17)26)12-16(24(29)30)23-27-19-6-4-5-7-20(19)31-23/h4-7,12-13H,8-11,14H2,1-3H3,(H,29,30)/b16-12-/t26-/m0/s1. The highest BCUT2D eigenvalue weighted by molar-refractivity contribution is 7.19. The average Bonchev–Trinajstić information content (AvgIpc) is 3.13. The molecule has 0 saturated heterocycles. The molecule has 1 aliphatic carbocycles. The third kappa shape index (κ3) is 2.65. The molecule has 3 heterocycles. The summed E-state index contributed by atoms with van der Waals surface area (Å²) in [4.78, 5) is 19.5. The van der Waals surface area contributed by atoms with Crippen LogP contribution < -0.4 is 4.90 Å².